The van der Waals surface area contributed by atoms with Gasteiger partial charge >= 0.3 is 0 Å². The number of hydrogen-bond donors (Lipinski definition) is 1. The molecule has 2 heteroatoms. The van der Waals surface area contributed by atoms with Crippen molar-refractivity contribution in [3.8, 4) is 0 Å². The van der Waals surface area contributed by atoms with Crippen molar-refractivity contribution in [3.63, 3.8) is 0 Å². The van der Waals surface area contributed by atoms with Crippen LogP contribution in [0.2, 0.25) is 0 Å². The van der Waals surface area contributed by atoms with E-state index in [0.717, 1.165) is 18.5 Å². The molecule has 1 nitrogen and oxygen atoms in total. The van der Waals surface area contributed by atoms with E-state index in [4.69, 9.17) is 0 Å². The fourth-order valence-corrected chi connectivity index (χ4v) is 2.95. The molecule has 2 aromatic rings. The zero-order chi connectivity index (χ0) is 13.2. The van der Waals surface area contributed by atoms with E-state index in [-0.39, 0.29) is 5.82 Å². The Labute approximate surface area is 113 Å². The van der Waals surface area contributed by atoms with Gasteiger partial charge in [-0.1, -0.05) is 43.3 Å². The van der Waals surface area contributed by atoms with Gasteiger partial charge in [0.25, 0.3) is 0 Å². The summed E-state index contributed by atoms with van der Waals surface area (Å²) in [5, 5.41) is 3.56. The minimum absolute atomic E-state index is 0.147. The molecule has 2 unspecified atom stereocenters. The van der Waals surface area contributed by atoms with Crippen LogP contribution < -0.4 is 5.32 Å². The van der Waals surface area contributed by atoms with Gasteiger partial charge in [-0.15, -0.1) is 0 Å². The van der Waals surface area contributed by atoms with Gasteiger partial charge in [0.2, 0.25) is 0 Å². The molecule has 1 heterocycles. The van der Waals surface area contributed by atoms with Crippen LogP contribution in [0.5, 0.6) is 0 Å². The summed E-state index contributed by atoms with van der Waals surface area (Å²) in [6, 6.07) is 16.0. The molecule has 0 bridgehead atoms. The lowest BCUT2D eigenvalue weighted by Gasteiger charge is -2.22. The van der Waals surface area contributed by atoms with Gasteiger partial charge in [-0.05, 0) is 41.2 Å². The molecule has 0 saturated heterocycles. The lowest BCUT2D eigenvalue weighted by molar-refractivity contribution is 0.397. The van der Waals surface area contributed by atoms with Gasteiger partial charge in [0.05, 0.1) is 0 Å². The Hall–Kier alpha value is -1.67. The van der Waals surface area contributed by atoms with Crippen molar-refractivity contribution in [3.05, 3.63) is 71.0 Å². The van der Waals surface area contributed by atoms with Crippen LogP contribution in [0.3, 0.4) is 0 Å². The molecule has 98 valence electrons. The van der Waals surface area contributed by atoms with E-state index < -0.39 is 0 Å². The maximum atomic E-state index is 13.3. The van der Waals surface area contributed by atoms with Crippen LogP contribution in [-0.2, 0) is 13.0 Å². The van der Waals surface area contributed by atoms with Gasteiger partial charge in [0.1, 0.15) is 5.82 Å². The predicted octanol–water partition coefficient (Wildman–Crippen LogP) is 3.85. The molecule has 2 aromatic carbocycles. The van der Waals surface area contributed by atoms with Gasteiger partial charge in [-0.2, -0.15) is 0 Å². The second-order valence-electron chi connectivity index (χ2n) is 5.36. The van der Waals surface area contributed by atoms with Crippen LogP contribution >= 0.6 is 0 Å². The number of fused-ring (bicyclic) bond motifs is 1. The van der Waals surface area contributed by atoms with Crippen LogP contribution in [0, 0.1) is 11.7 Å². The minimum atomic E-state index is -0.147. The molecule has 0 aliphatic carbocycles. The highest BCUT2D eigenvalue weighted by Crippen LogP contribution is 2.30. The molecule has 0 radical (unpaired) electrons. The summed E-state index contributed by atoms with van der Waals surface area (Å²) in [4.78, 5) is 0. The van der Waals surface area contributed by atoms with Crippen molar-refractivity contribution in [1.29, 1.82) is 0 Å². The summed E-state index contributed by atoms with van der Waals surface area (Å²) in [5.74, 6) is 0.348. The molecule has 0 spiro atoms. The Morgan fingerprint density at radius 2 is 1.84 bits per heavy atom. The monoisotopic (exact) mass is 255 g/mol. The average molecular weight is 255 g/mol. The normalized spacial score (nSPS) is 22.6. The van der Waals surface area contributed by atoms with E-state index in [0.29, 0.717) is 12.0 Å². The fourth-order valence-electron chi connectivity index (χ4n) is 2.95. The summed E-state index contributed by atoms with van der Waals surface area (Å²) in [5.41, 5.74) is 3.66. The molecule has 0 saturated carbocycles. The molecule has 1 N–H and O–H groups in total. The van der Waals surface area contributed by atoms with E-state index >= 15 is 0 Å². The summed E-state index contributed by atoms with van der Waals surface area (Å²) in [7, 11) is 0. The summed E-state index contributed by atoms with van der Waals surface area (Å²) in [6.45, 7) is 2.99. The smallest absolute Gasteiger partial charge is 0.123 e. The van der Waals surface area contributed by atoms with Crippen molar-refractivity contribution in [2.75, 3.05) is 0 Å². The Balaban J connectivity index is 1.90. The summed E-state index contributed by atoms with van der Waals surface area (Å²) >= 11 is 0. The number of rotatable bonds is 1. The largest absolute Gasteiger partial charge is 0.306 e. The first-order valence-corrected chi connectivity index (χ1v) is 6.79. The zero-order valence-electron chi connectivity index (χ0n) is 11.1. The van der Waals surface area contributed by atoms with E-state index in [9.17, 15) is 4.39 Å². The van der Waals surface area contributed by atoms with E-state index in [1.165, 1.54) is 11.1 Å². The number of nitrogens with one attached hydrogen (secondary N) is 1. The molecule has 0 aromatic heterocycles. The van der Waals surface area contributed by atoms with Crippen LogP contribution in [0.1, 0.15) is 29.7 Å². The van der Waals surface area contributed by atoms with Crippen LogP contribution in [0.4, 0.5) is 4.39 Å². The van der Waals surface area contributed by atoms with Gasteiger partial charge in [0, 0.05) is 12.6 Å². The lowest BCUT2D eigenvalue weighted by Crippen LogP contribution is -2.25. The highest BCUT2D eigenvalue weighted by Gasteiger charge is 2.23. The highest BCUT2D eigenvalue weighted by atomic mass is 19.1. The van der Waals surface area contributed by atoms with E-state index in [1.807, 2.05) is 12.1 Å². The molecular formula is C17H18FN. The molecule has 0 amide bonds. The first-order chi connectivity index (χ1) is 9.24. The fraction of sp³-hybridized carbons (Fsp3) is 0.294. The van der Waals surface area contributed by atoms with E-state index in [2.05, 4.69) is 36.5 Å². The van der Waals surface area contributed by atoms with Crippen molar-refractivity contribution >= 4 is 0 Å². The van der Waals surface area contributed by atoms with Crippen molar-refractivity contribution in [2.24, 2.45) is 5.92 Å². The molecule has 1 aliphatic heterocycles. The minimum Gasteiger partial charge on any atom is -0.306 e. The standard InChI is InChI=1S/C17H18FN/c1-12-9-14-7-8-16(18)10-15(14)11-19-17(12)13-5-3-2-4-6-13/h2-8,10,12,17,19H,9,11H2,1H3. The topological polar surface area (TPSA) is 12.0 Å². The maximum Gasteiger partial charge on any atom is 0.123 e. The maximum absolute atomic E-state index is 13.3. The predicted molar refractivity (Wildman–Crippen MR) is 75.3 cm³/mol. The van der Waals surface area contributed by atoms with Crippen LogP contribution in [0.25, 0.3) is 0 Å². The van der Waals surface area contributed by atoms with Crippen LogP contribution in [0.15, 0.2) is 48.5 Å². The van der Waals surface area contributed by atoms with Crippen LogP contribution in [-0.4, -0.2) is 0 Å². The second-order valence-corrected chi connectivity index (χ2v) is 5.36. The number of halogens is 1. The van der Waals surface area contributed by atoms with Crippen molar-refractivity contribution in [2.45, 2.75) is 25.9 Å². The first-order valence-electron chi connectivity index (χ1n) is 6.79. The third-order valence-electron chi connectivity index (χ3n) is 3.95. The Bertz CT molecular complexity index is 565. The summed E-state index contributed by atoms with van der Waals surface area (Å²) < 4.78 is 13.3. The third kappa shape index (κ3) is 2.54. The Kier molecular flexibility index (Phi) is 3.34. The average Bonchev–Trinajstić information content (AvgIpc) is 2.58. The van der Waals surface area contributed by atoms with Gasteiger partial charge in [-0.25, -0.2) is 4.39 Å². The SMILES string of the molecule is CC1Cc2ccc(F)cc2CNC1c1ccccc1. The van der Waals surface area contributed by atoms with Crippen molar-refractivity contribution < 1.29 is 4.39 Å². The third-order valence-corrected chi connectivity index (χ3v) is 3.95. The zero-order valence-corrected chi connectivity index (χ0v) is 11.1. The van der Waals surface area contributed by atoms with Gasteiger partial charge in [0.15, 0.2) is 0 Å². The Morgan fingerprint density at radius 1 is 1.05 bits per heavy atom. The van der Waals surface area contributed by atoms with Gasteiger partial charge < -0.3 is 5.32 Å². The molecule has 2 atom stereocenters. The summed E-state index contributed by atoms with van der Waals surface area (Å²) in [6.07, 6.45) is 0.988. The number of benzene rings is 2. The van der Waals surface area contributed by atoms with Gasteiger partial charge in [-0.3, -0.25) is 0 Å². The number of hydrogen-bond acceptors (Lipinski definition) is 1. The Morgan fingerprint density at radius 3 is 2.63 bits per heavy atom. The molecule has 19 heavy (non-hydrogen) atoms. The molecular weight excluding hydrogens is 237 g/mol. The van der Waals surface area contributed by atoms with Crippen molar-refractivity contribution in [1.82, 2.24) is 5.32 Å². The highest BCUT2D eigenvalue weighted by molar-refractivity contribution is 5.31. The molecule has 3 rings (SSSR count). The first kappa shape index (κ1) is 12.4. The van der Waals surface area contributed by atoms with E-state index in [1.54, 1.807) is 12.1 Å². The molecule has 1 aliphatic rings. The quantitative estimate of drug-likeness (QED) is 0.816. The second kappa shape index (κ2) is 5.14. The molecule has 0 fully saturated rings. The lowest BCUT2D eigenvalue weighted by atomic mass is 9.90.